The van der Waals surface area contributed by atoms with Gasteiger partial charge < -0.3 is 10.6 Å². The zero-order valence-electron chi connectivity index (χ0n) is 11.0. The molecule has 0 bridgehead atoms. The van der Waals surface area contributed by atoms with Crippen molar-refractivity contribution in [3.05, 3.63) is 35.4 Å². The van der Waals surface area contributed by atoms with Gasteiger partial charge in [-0.1, -0.05) is 24.3 Å². The standard InChI is InChI=1S/C15H24N2/c1-12(2)17-9-7-15(8-10-17)14-5-3-13(11-16)4-6-14/h3-6,12,15H,7-11,16H2,1-2H3. The fourth-order valence-corrected chi connectivity index (χ4v) is 2.68. The lowest BCUT2D eigenvalue weighted by molar-refractivity contribution is 0.172. The smallest absolute Gasteiger partial charge is 0.0178 e. The van der Waals surface area contributed by atoms with Crippen LogP contribution in [-0.2, 0) is 6.54 Å². The molecule has 1 fully saturated rings. The lowest BCUT2D eigenvalue weighted by Gasteiger charge is -2.34. The fraction of sp³-hybridized carbons (Fsp3) is 0.600. The molecule has 0 unspecified atom stereocenters. The predicted octanol–water partition coefficient (Wildman–Crippen LogP) is 2.73. The molecule has 0 atom stereocenters. The highest BCUT2D eigenvalue weighted by atomic mass is 15.1. The van der Waals surface area contributed by atoms with Crippen LogP contribution < -0.4 is 5.73 Å². The Hall–Kier alpha value is -0.860. The van der Waals surface area contributed by atoms with Crippen LogP contribution in [0.3, 0.4) is 0 Å². The number of piperidine rings is 1. The summed E-state index contributed by atoms with van der Waals surface area (Å²) < 4.78 is 0. The van der Waals surface area contributed by atoms with Gasteiger partial charge in [-0.15, -0.1) is 0 Å². The minimum absolute atomic E-state index is 0.645. The lowest BCUT2D eigenvalue weighted by Crippen LogP contribution is -2.37. The van der Waals surface area contributed by atoms with Crippen molar-refractivity contribution in [2.75, 3.05) is 13.1 Å². The van der Waals surface area contributed by atoms with Crippen LogP contribution in [0, 0.1) is 0 Å². The maximum Gasteiger partial charge on any atom is 0.0178 e. The molecule has 1 saturated heterocycles. The molecule has 1 aromatic rings. The van der Waals surface area contributed by atoms with Crippen molar-refractivity contribution in [3.8, 4) is 0 Å². The molecule has 1 aliphatic heterocycles. The van der Waals surface area contributed by atoms with E-state index in [2.05, 4.69) is 43.0 Å². The molecule has 0 saturated carbocycles. The molecular formula is C15H24N2. The number of nitrogens with two attached hydrogens (primary N) is 1. The minimum Gasteiger partial charge on any atom is -0.326 e. The molecule has 94 valence electrons. The van der Waals surface area contributed by atoms with Gasteiger partial charge in [0.15, 0.2) is 0 Å². The number of rotatable bonds is 3. The highest BCUT2D eigenvalue weighted by Gasteiger charge is 2.21. The third kappa shape index (κ3) is 3.08. The normalized spacial score (nSPS) is 18.8. The van der Waals surface area contributed by atoms with Crippen LogP contribution in [-0.4, -0.2) is 24.0 Å². The third-order valence-electron chi connectivity index (χ3n) is 3.95. The second-order valence-corrected chi connectivity index (χ2v) is 5.35. The van der Waals surface area contributed by atoms with Gasteiger partial charge in [0, 0.05) is 12.6 Å². The molecule has 2 N–H and O–H groups in total. The molecule has 2 rings (SSSR count). The zero-order chi connectivity index (χ0) is 12.3. The third-order valence-corrected chi connectivity index (χ3v) is 3.95. The average molecular weight is 232 g/mol. The Labute approximate surface area is 105 Å². The van der Waals surface area contributed by atoms with Crippen LogP contribution in [0.4, 0.5) is 0 Å². The van der Waals surface area contributed by atoms with Crippen molar-refractivity contribution in [2.45, 2.75) is 45.2 Å². The maximum absolute atomic E-state index is 5.62. The molecule has 1 aliphatic rings. The van der Waals surface area contributed by atoms with Crippen molar-refractivity contribution < 1.29 is 0 Å². The van der Waals surface area contributed by atoms with Gasteiger partial charge in [0.25, 0.3) is 0 Å². The molecule has 2 heteroatoms. The lowest BCUT2D eigenvalue weighted by atomic mass is 9.88. The van der Waals surface area contributed by atoms with Crippen LogP contribution in [0.5, 0.6) is 0 Å². The summed E-state index contributed by atoms with van der Waals surface area (Å²) >= 11 is 0. The van der Waals surface area contributed by atoms with Crippen molar-refractivity contribution in [1.82, 2.24) is 4.90 Å². The van der Waals surface area contributed by atoms with Gasteiger partial charge in [0.1, 0.15) is 0 Å². The summed E-state index contributed by atoms with van der Waals surface area (Å²) in [7, 11) is 0. The van der Waals surface area contributed by atoms with E-state index in [-0.39, 0.29) is 0 Å². The number of hydrogen-bond acceptors (Lipinski definition) is 2. The summed E-state index contributed by atoms with van der Waals surface area (Å²) in [6.45, 7) is 7.70. The minimum atomic E-state index is 0.645. The van der Waals surface area contributed by atoms with E-state index < -0.39 is 0 Å². The summed E-state index contributed by atoms with van der Waals surface area (Å²) in [5, 5.41) is 0. The van der Waals surface area contributed by atoms with Crippen LogP contribution in [0.1, 0.15) is 43.7 Å². The van der Waals surface area contributed by atoms with Crippen molar-refractivity contribution in [2.24, 2.45) is 5.73 Å². The van der Waals surface area contributed by atoms with E-state index in [0.717, 1.165) is 5.92 Å². The van der Waals surface area contributed by atoms with E-state index in [9.17, 15) is 0 Å². The van der Waals surface area contributed by atoms with E-state index in [1.165, 1.54) is 37.1 Å². The van der Waals surface area contributed by atoms with Gasteiger partial charge in [-0.2, -0.15) is 0 Å². The molecule has 0 amide bonds. The first-order valence-electron chi connectivity index (χ1n) is 6.73. The molecule has 17 heavy (non-hydrogen) atoms. The molecule has 0 spiro atoms. The van der Waals surface area contributed by atoms with Gasteiger partial charge in [0.05, 0.1) is 0 Å². The van der Waals surface area contributed by atoms with E-state index in [0.29, 0.717) is 12.6 Å². The maximum atomic E-state index is 5.62. The molecule has 1 heterocycles. The molecule has 1 aromatic carbocycles. The summed E-state index contributed by atoms with van der Waals surface area (Å²) in [6.07, 6.45) is 2.58. The van der Waals surface area contributed by atoms with Gasteiger partial charge >= 0.3 is 0 Å². The summed E-state index contributed by atoms with van der Waals surface area (Å²) in [6, 6.07) is 9.56. The van der Waals surface area contributed by atoms with Gasteiger partial charge in [-0.05, 0) is 56.8 Å². The molecule has 0 aromatic heterocycles. The van der Waals surface area contributed by atoms with E-state index in [1.807, 2.05) is 0 Å². The SMILES string of the molecule is CC(C)N1CCC(c2ccc(CN)cc2)CC1. The first-order chi connectivity index (χ1) is 8.20. The Bertz CT molecular complexity index is 334. The number of nitrogens with zero attached hydrogens (tertiary/aromatic N) is 1. The Balaban J connectivity index is 1.95. The quantitative estimate of drug-likeness (QED) is 0.868. The molecule has 0 radical (unpaired) electrons. The first kappa shape index (κ1) is 12.6. The van der Waals surface area contributed by atoms with Gasteiger partial charge in [-0.25, -0.2) is 0 Å². The highest BCUT2D eigenvalue weighted by Crippen LogP contribution is 2.28. The van der Waals surface area contributed by atoms with Gasteiger partial charge in [0.2, 0.25) is 0 Å². The molecule has 0 aliphatic carbocycles. The summed E-state index contributed by atoms with van der Waals surface area (Å²) in [5.41, 5.74) is 8.34. The topological polar surface area (TPSA) is 29.3 Å². The Morgan fingerprint density at radius 1 is 1.18 bits per heavy atom. The van der Waals surface area contributed by atoms with Crippen molar-refractivity contribution in [1.29, 1.82) is 0 Å². The highest BCUT2D eigenvalue weighted by molar-refractivity contribution is 5.25. The van der Waals surface area contributed by atoms with Crippen LogP contribution in [0.2, 0.25) is 0 Å². The summed E-state index contributed by atoms with van der Waals surface area (Å²) in [5.74, 6) is 0.747. The van der Waals surface area contributed by atoms with Crippen LogP contribution >= 0.6 is 0 Å². The Kier molecular flexibility index (Phi) is 4.19. The number of hydrogen-bond donors (Lipinski definition) is 1. The average Bonchev–Trinajstić information content (AvgIpc) is 2.39. The van der Waals surface area contributed by atoms with Crippen LogP contribution in [0.15, 0.2) is 24.3 Å². The first-order valence-corrected chi connectivity index (χ1v) is 6.73. The van der Waals surface area contributed by atoms with Gasteiger partial charge in [-0.3, -0.25) is 0 Å². The Morgan fingerprint density at radius 2 is 1.76 bits per heavy atom. The van der Waals surface area contributed by atoms with Crippen molar-refractivity contribution in [3.63, 3.8) is 0 Å². The monoisotopic (exact) mass is 232 g/mol. The number of likely N-dealkylation sites (tertiary alicyclic amines) is 1. The van der Waals surface area contributed by atoms with E-state index in [4.69, 9.17) is 5.73 Å². The summed E-state index contributed by atoms with van der Waals surface area (Å²) in [4.78, 5) is 2.57. The van der Waals surface area contributed by atoms with Crippen LogP contribution in [0.25, 0.3) is 0 Å². The number of benzene rings is 1. The second-order valence-electron chi connectivity index (χ2n) is 5.35. The van der Waals surface area contributed by atoms with Crippen molar-refractivity contribution >= 4 is 0 Å². The van der Waals surface area contributed by atoms with E-state index in [1.54, 1.807) is 0 Å². The largest absolute Gasteiger partial charge is 0.326 e. The van der Waals surface area contributed by atoms with E-state index >= 15 is 0 Å². The Morgan fingerprint density at radius 3 is 2.24 bits per heavy atom. The zero-order valence-corrected chi connectivity index (χ0v) is 11.0. The second kappa shape index (κ2) is 5.65. The molecule has 2 nitrogen and oxygen atoms in total. The predicted molar refractivity (Wildman–Crippen MR) is 73.0 cm³/mol. The molecular weight excluding hydrogens is 208 g/mol. The fourth-order valence-electron chi connectivity index (χ4n) is 2.68.